The number of ketones is 1. The van der Waals surface area contributed by atoms with Gasteiger partial charge in [-0.25, -0.2) is 4.68 Å². The SMILES string of the molecule is O=C(Nc1cccc(C(=O)c2ccc3cnn(C=Cc4ccccn4)c3c2)c1)c1ccnc(CCl)c1. The van der Waals surface area contributed by atoms with Crippen molar-refractivity contribution in [3.63, 3.8) is 0 Å². The van der Waals surface area contributed by atoms with E-state index in [1.54, 1.807) is 65.7 Å². The van der Waals surface area contributed by atoms with Gasteiger partial charge < -0.3 is 5.32 Å². The Morgan fingerprint density at radius 3 is 2.61 bits per heavy atom. The molecule has 0 radical (unpaired) electrons. The first kappa shape index (κ1) is 23.1. The average molecular weight is 494 g/mol. The Morgan fingerprint density at radius 1 is 0.889 bits per heavy atom. The van der Waals surface area contributed by atoms with Crippen molar-refractivity contribution in [1.82, 2.24) is 19.7 Å². The van der Waals surface area contributed by atoms with Crippen LogP contribution in [0, 0.1) is 0 Å². The highest BCUT2D eigenvalue weighted by molar-refractivity contribution is 6.17. The third-order valence-corrected chi connectivity index (χ3v) is 5.81. The molecule has 3 aromatic heterocycles. The van der Waals surface area contributed by atoms with E-state index in [0.29, 0.717) is 28.1 Å². The molecule has 1 amide bonds. The van der Waals surface area contributed by atoms with Crippen molar-refractivity contribution in [2.75, 3.05) is 5.32 Å². The Hall–Kier alpha value is -4.62. The number of fused-ring (bicyclic) bond motifs is 1. The van der Waals surface area contributed by atoms with E-state index in [1.807, 2.05) is 42.6 Å². The largest absolute Gasteiger partial charge is 0.322 e. The van der Waals surface area contributed by atoms with Gasteiger partial charge in [-0.05, 0) is 48.5 Å². The Kier molecular flexibility index (Phi) is 6.64. The summed E-state index contributed by atoms with van der Waals surface area (Å²) >= 11 is 5.82. The quantitative estimate of drug-likeness (QED) is 0.233. The second-order valence-electron chi connectivity index (χ2n) is 7.97. The van der Waals surface area contributed by atoms with Crippen LogP contribution in [0.4, 0.5) is 5.69 Å². The summed E-state index contributed by atoms with van der Waals surface area (Å²) in [4.78, 5) is 34.3. The zero-order valence-electron chi connectivity index (χ0n) is 19.0. The number of rotatable bonds is 7. The Bertz CT molecular complexity index is 1590. The molecule has 2 aromatic carbocycles. The van der Waals surface area contributed by atoms with E-state index in [0.717, 1.165) is 16.6 Å². The highest BCUT2D eigenvalue weighted by Gasteiger charge is 2.13. The maximum Gasteiger partial charge on any atom is 0.255 e. The molecule has 0 aliphatic carbocycles. The highest BCUT2D eigenvalue weighted by atomic mass is 35.5. The predicted molar refractivity (Wildman–Crippen MR) is 141 cm³/mol. The third kappa shape index (κ3) is 5.06. The van der Waals surface area contributed by atoms with Crippen LogP contribution in [0.2, 0.25) is 0 Å². The summed E-state index contributed by atoms with van der Waals surface area (Å²) in [6, 6.07) is 21.2. The zero-order valence-corrected chi connectivity index (χ0v) is 19.8. The van der Waals surface area contributed by atoms with Crippen molar-refractivity contribution in [2.45, 2.75) is 5.88 Å². The molecule has 7 nitrogen and oxygen atoms in total. The molecule has 1 N–H and O–H groups in total. The van der Waals surface area contributed by atoms with E-state index >= 15 is 0 Å². The van der Waals surface area contributed by atoms with E-state index in [2.05, 4.69) is 20.4 Å². The summed E-state index contributed by atoms with van der Waals surface area (Å²) in [5, 5.41) is 8.14. The van der Waals surface area contributed by atoms with Crippen molar-refractivity contribution >= 4 is 52.2 Å². The summed E-state index contributed by atoms with van der Waals surface area (Å²) in [6.07, 6.45) is 8.67. The number of hydrogen-bond donors (Lipinski definition) is 1. The standard InChI is InChI=1S/C28H20ClN5O2/c29-17-25-15-21(9-12-31-25)28(36)33-24-6-3-4-19(14-24)27(35)20-7-8-22-18-32-34(26(22)16-20)13-10-23-5-1-2-11-30-23/h1-16,18H,17H2,(H,33,36). The van der Waals surface area contributed by atoms with Gasteiger partial charge in [-0.2, -0.15) is 5.10 Å². The molecule has 0 saturated carbocycles. The number of alkyl halides is 1. The molecule has 8 heteroatoms. The predicted octanol–water partition coefficient (Wildman–Crippen LogP) is 5.68. The van der Waals surface area contributed by atoms with Crippen molar-refractivity contribution < 1.29 is 9.59 Å². The van der Waals surface area contributed by atoms with Gasteiger partial charge in [0, 0.05) is 46.4 Å². The number of benzene rings is 2. The first-order chi connectivity index (χ1) is 17.6. The first-order valence-electron chi connectivity index (χ1n) is 11.1. The van der Waals surface area contributed by atoms with Crippen LogP contribution >= 0.6 is 11.6 Å². The van der Waals surface area contributed by atoms with E-state index in [1.165, 1.54) is 0 Å². The van der Waals surface area contributed by atoms with Crippen LogP contribution in [0.5, 0.6) is 0 Å². The minimum Gasteiger partial charge on any atom is -0.322 e. The average Bonchev–Trinajstić information content (AvgIpc) is 3.34. The fraction of sp³-hybridized carbons (Fsp3) is 0.0357. The van der Waals surface area contributed by atoms with Crippen LogP contribution in [0.1, 0.15) is 37.7 Å². The molecule has 0 bridgehead atoms. The van der Waals surface area contributed by atoms with Gasteiger partial charge in [0.25, 0.3) is 5.91 Å². The summed E-state index contributed by atoms with van der Waals surface area (Å²) in [7, 11) is 0. The van der Waals surface area contributed by atoms with Gasteiger partial charge in [-0.1, -0.05) is 30.3 Å². The molecule has 0 unspecified atom stereocenters. The van der Waals surface area contributed by atoms with Crippen LogP contribution in [-0.4, -0.2) is 31.4 Å². The van der Waals surface area contributed by atoms with Gasteiger partial charge in [0.15, 0.2) is 5.78 Å². The Labute approximate surface area is 212 Å². The lowest BCUT2D eigenvalue weighted by molar-refractivity contribution is 0.102. The highest BCUT2D eigenvalue weighted by Crippen LogP contribution is 2.21. The van der Waals surface area contributed by atoms with E-state index in [9.17, 15) is 9.59 Å². The summed E-state index contributed by atoms with van der Waals surface area (Å²) < 4.78 is 1.71. The molecule has 3 heterocycles. The number of halogens is 1. The lowest BCUT2D eigenvalue weighted by Gasteiger charge is -2.08. The van der Waals surface area contributed by atoms with Crippen LogP contribution in [0.3, 0.4) is 0 Å². The number of amides is 1. The number of pyridine rings is 2. The normalized spacial score (nSPS) is 11.1. The number of aromatic nitrogens is 4. The maximum absolute atomic E-state index is 13.3. The number of carbonyl (C=O) groups excluding carboxylic acids is 2. The lowest BCUT2D eigenvalue weighted by Crippen LogP contribution is -2.13. The topological polar surface area (TPSA) is 89.8 Å². The lowest BCUT2D eigenvalue weighted by atomic mass is 10.0. The fourth-order valence-corrected chi connectivity index (χ4v) is 3.87. The maximum atomic E-state index is 13.3. The molecule has 5 aromatic rings. The van der Waals surface area contributed by atoms with Gasteiger partial charge in [-0.3, -0.25) is 19.6 Å². The van der Waals surface area contributed by atoms with Crippen LogP contribution in [0.25, 0.3) is 23.2 Å². The molecule has 176 valence electrons. The van der Waals surface area contributed by atoms with Crippen molar-refractivity contribution in [1.29, 1.82) is 0 Å². The van der Waals surface area contributed by atoms with Crippen molar-refractivity contribution in [3.8, 4) is 0 Å². The second kappa shape index (κ2) is 10.3. The molecule has 0 aliphatic rings. The van der Waals surface area contributed by atoms with Gasteiger partial charge in [0.2, 0.25) is 0 Å². The first-order valence-corrected chi connectivity index (χ1v) is 11.7. The number of anilines is 1. The smallest absolute Gasteiger partial charge is 0.255 e. The molecular weight excluding hydrogens is 474 g/mol. The van der Waals surface area contributed by atoms with Crippen molar-refractivity contribution in [2.24, 2.45) is 0 Å². The summed E-state index contributed by atoms with van der Waals surface area (Å²) in [5.74, 6) is -0.256. The number of nitrogens with one attached hydrogen (secondary N) is 1. The number of nitrogens with zero attached hydrogens (tertiary/aromatic N) is 4. The van der Waals surface area contributed by atoms with Crippen LogP contribution in [0.15, 0.2) is 91.4 Å². The minimum atomic E-state index is -0.307. The monoisotopic (exact) mass is 493 g/mol. The van der Waals surface area contributed by atoms with Crippen LogP contribution in [-0.2, 0) is 5.88 Å². The molecule has 0 fully saturated rings. The third-order valence-electron chi connectivity index (χ3n) is 5.53. The fourth-order valence-electron chi connectivity index (χ4n) is 3.72. The Balaban J connectivity index is 1.38. The molecule has 0 aliphatic heterocycles. The minimum absolute atomic E-state index is 0.164. The molecule has 0 spiro atoms. The molecule has 5 rings (SSSR count). The molecule has 0 saturated heterocycles. The molecule has 36 heavy (non-hydrogen) atoms. The molecule has 0 atom stereocenters. The van der Waals surface area contributed by atoms with Crippen LogP contribution < -0.4 is 5.32 Å². The van der Waals surface area contributed by atoms with Gasteiger partial charge in [-0.15, -0.1) is 11.6 Å². The summed E-state index contributed by atoms with van der Waals surface area (Å²) in [6.45, 7) is 0. The summed E-state index contributed by atoms with van der Waals surface area (Å²) in [5.41, 5.74) is 4.13. The van der Waals surface area contributed by atoms with Crippen molar-refractivity contribution in [3.05, 3.63) is 119 Å². The number of hydrogen-bond acceptors (Lipinski definition) is 5. The molecular formula is C28H20ClN5O2. The van der Waals surface area contributed by atoms with Gasteiger partial charge in [0.1, 0.15) is 0 Å². The van der Waals surface area contributed by atoms with E-state index in [-0.39, 0.29) is 17.6 Å². The van der Waals surface area contributed by atoms with Gasteiger partial charge >= 0.3 is 0 Å². The van der Waals surface area contributed by atoms with E-state index in [4.69, 9.17) is 11.6 Å². The van der Waals surface area contributed by atoms with Gasteiger partial charge in [0.05, 0.1) is 29.0 Å². The Morgan fingerprint density at radius 2 is 1.78 bits per heavy atom. The zero-order chi connectivity index (χ0) is 24.9. The van der Waals surface area contributed by atoms with E-state index < -0.39 is 0 Å². The number of carbonyl (C=O) groups is 2. The second-order valence-corrected chi connectivity index (χ2v) is 8.23.